The van der Waals surface area contributed by atoms with Crippen LogP contribution in [0.5, 0.6) is 0 Å². The molecule has 9 heteroatoms. The van der Waals surface area contributed by atoms with Crippen molar-refractivity contribution < 1.29 is 9.59 Å². The second-order valence-electron chi connectivity index (χ2n) is 7.28. The van der Waals surface area contributed by atoms with E-state index in [-0.39, 0.29) is 23.0 Å². The fraction of sp³-hybridized carbons (Fsp3) is 0.273. The molecule has 3 amide bonds. The molecule has 1 saturated heterocycles. The van der Waals surface area contributed by atoms with Crippen LogP contribution in [-0.4, -0.2) is 39.8 Å². The highest BCUT2D eigenvalue weighted by Crippen LogP contribution is 2.34. The number of carbonyl (C=O) groups excluding carboxylic acids is 2. The lowest BCUT2D eigenvalue weighted by Crippen LogP contribution is -2.34. The number of benzene rings is 2. The van der Waals surface area contributed by atoms with Gasteiger partial charge in [-0.1, -0.05) is 35.1 Å². The Morgan fingerprint density at radius 3 is 2.68 bits per heavy atom. The molecule has 31 heavy (non-hydrogen) atoms. The standard InChI is InChI=1S/C22H23N5O2S2/c1-14-8-10-15(11-9-14)23-19(28)21-26-25-20(31-21)18-7-4-12-27(18)22(29)24-16-5-3-6-17(13-16)30-2/h3,5-6,8-11,13,18H,4,7,12H2,1-2H3,(H,23,28)(H,24,29)/t18-/m0/s1. The number of thioether (sulfide) groups is 1. The third-order valence-corrected chi connectivity index (χ3v) is 6.81. The summed E-state index contributed by atoms with van der Waals surface area (Å²) in [6.07, 6.45) is 3.68. The van der Waals surface area contributed by atoms with Crippen LogP contribution in [0.15, 0.2) is 53.4 Å². The van der Waals surface area contributed by atoms with E-state index in [2.05, 4.69) is 20.8 Å². The van der Waals surface area contributed by atoms with E-state index in [9.17, 15) is 9.59 Å². The molecule has 0 aliphatic carbocycles. The number of nitrogens with one attached hydrogen (secondary N) is 2. The molecule has 2 heterocycles. The molecule has 2 aromatic carbocycles. The number of amides is 3. The van der Waals surface area contributed by atoms with Crippen molar-refractivity contribution in [2.24, 2.45) is 0 Å². The summed E-state index contributed by atoms with van der Waals surface area (Å²) in [5, 5.41) is 15.1. The average Bonchev–Trinajstić information content (AvgIpc) is 3.45. The molecular formula is C22H23N5O2S2. The number of carbonyl (C=O) groups is 2. The van der Waals surface area contributed by atoms with Crippen molar-refractivity contribution in [2.45, 2.75) is 30.7 Å². The van der Waals surface area contributed by atoms with Gasteiger partial charge in [-0.3, -0.25) is 4.79 Å². The Morgan fingerprint density at radius 2 is 1.90 bits per heavy atom. The smallest absolute Gasteiger partial charge is 0.320 e. The second-order valence-corrected chi connectivity index (χ2v) is 9.17. The van der Waals surface area contributed by atoms with E-state index in [1.807, 2.05) is 61.7 Å². The first-order valence-corrected chi connectivity index (χ1v) is 12.0. The maximum Gasteiger partial charge on any atom is 0.322 e. The van der Waals surface area contributed by atoms with E-state index in [0.29, 0.717) is 17.2 Å². The first-order chi connectivity index (χ1) is 15.0. The molecule has 3 aromatic rings. The fourth-order valence-electron chi connectivity index (χ4n) is 3.45. The minimum absolute atomic E-state index is 0.165. The van der Waals surface area contributed by atoms with Gasteiger partial charge in [-0.15, -0.1) is 22.0 Å². The Bertz CT molecular complexity index is 1080. The van der Waals surface area contributed by atoms with Crippen molar-refractivity contribution in [3.05, 3.63) is 64.1 Å². The van der Waals surface area contributed by atoms with E-state index in [4.69, 9.17) is 0 Å². The Hall–Kier alpha value is -2.91. The highest BCUT2D eigenvalue weighted by Gasteiger charge is 2.33. The van der Waals surface area contributed by atoms with Gasteiger partial charge in [0, 0.05) is 22.8 Å². The van der Waals surface area contributed by atoms with Crippen LogP contribution >= 0.6 is 23.1 Å². The number of anilines is 2. The van der Waals surface area contributed by atoms with Crippen LogP contribution in [0, 0.1) is 6.92 Å². The minimum Gasteiger partial charge on any atom is -0.320 e. The SMILES string of the molecule is CSc1cccc(NC(=O)N2CCC[C@H]2c2nnc(C(=O)Nc3ccc(C)cc3)s2)c1. The van der Waals surface area contributed by atoms with E-state index in [0.717, 1.165) is 29.0 Å². The summed E-state index contributed by atoms with van der Waals surface area (Å²) in [6.45, 7) is 2.63. The van der Waals surface area contributed by atoms with Crippen LogP contribution in [0.1, 0.15) is 39.3 Å². The highest BCUT2D eigenvalue weighted by molar-refractivity contribution is 7.98. The van der Waals surface area contributed by atoms with Gasteiger partial charge in [0.2, 0.25) is 5.01 Å². The number of hydrogen-bond acceptors (Lipinski definition) is 6. The Morgan fingerprint density at radius 1 is 1.10 bits per heavy atom. The summed E-state index contributed by atoms with van der Waals surface area (Å²) in [6, 6.07) is 15.0. The lowest BCUT2D eigenvalue weighted by molar-refractivity contribution is 0.102. The molecule has 0 radical (unpaired) electrons. The van der Waals surface area contributed by atoms with Crippen molar-refractivity contribution in [2.75, 3.05) is 23.4 Å². The Kier molecular flexibility index (Phi) is 6.53. The third kappa shape index (κ3) is 5.05. The quantitative estimate of drug-likeness (QED) is 0.519. The largest absolute Gasteiger partial charge is 0.322 e. The Balaban J connectivity index is 1.43. The molecule has 1 aliphatic heterocycles. The molecule has 160 valence electrons. The first kappa shape index (κ1) is 21.3. The third-order valence-electron chi connectivity index (χ3n) is 5.06. The monoisotopic (exact) mass is 453 g/mol. The van der Waals surface area contributed by atoms with Crippen LogP contribution in [0.25, 0.3) is 0 Å². The van der Waals surface area contributed by atoms with Crippen molar-refractivity contribution in [1.82, 2.24) is 15.1 Å². The molecule has 1 fully saturated rings. The predicted octanol–water partition coefficient (Wildman–Crippen LogP) is 5.19. The average molecular weight is 454 g/mol. The summed E-state index contributed by atoms with van der Waals surface area (Å²) in [4.78, 5) is 28.3. The van der Waals surface area contributed by atoms with Gasteiger partial charge in [-0.2, -0.15) is 0 Å². The van der Waals surface area contributed by atoms with Gasteiger partial charge < -0.3 is 15.5 Å². The topological polar surface area (TPSA) is 87.2 Å². The maximum absolute atomic E-state index is 12.9. The van der Waals surface area contributed by atoms with Gasteiger partial charge in [0.05, 0.1) is 6.04 Å². The lowest BCUT2D eigenvalue weighted by atomic mass is 10.2. The van der Waals surface area contributed by atoms with Crippen LogP contribution in [0.2, 0.25) is 0 Å². The molecule has 2 N–H and O–H groups in total. The van der Waals surface area contributed by atoms with E-state index < -0.39 is 0 Å². The van der Waals surface area contributed by atoms with Gasteiger partial charge in [-0.25, -0.2) is 4.79 Å². The fourth-order valence-corrected chi connectivity index (χ4v) is 4.79. The molecule has 0 spiro atoms. The van der Waals surface area contributed by atoms with Gasteiger partial charge in [0.25, 0.3) is 5.91 Å². The molecule has 1 atom stereocenters. The molecular weight excluding hydrogens is 430 g/mol. The van der Waals surface area contributed by atoms with Crippen LogP contribution in [0.4, 0.5) is 16.2 Å². The van der Waals surface area contributed by atoms with E-state index in [1.165, 1.54) is 11.3 Å². The molecule has 1 aromatic heterocycles. The molecule has 1 aliphatic rings. The van der Waals surface area contributed by atoms with Crippen LogP contribution in [0.3, 0.4) is 0 Å². The lowest BCUT2D eigenvalue weighted by Gasteiger charge is -2.23. The highest BCUT2D eigenvalue weighted by atomic mass is 32.2. The summed E-state index contributed by atoms with van der Waals surface area (Å²) in [7, 11) is 0. The van der Waals surface area contributed by atoms with Gasteiger partial charge in [-0.05, 0) is 56.4 Å². The molecule has 0 saturated carbocycles. The summed E-state index contributed by atoms with van der Waals surface area (Å²) in [5.41, 5.74) is 2.59. The Labute approximate surface area is 189 Å². The first-order valence-electron chi connectivity index (χ1n) is 9.96. The number of nitrogens with zero attached hydrogens (tertiary/aromatic N) is 3. The number of hydrogen-bond donors (Lipinski definition) is 2. The zero-order chi connectivity index (χ0) is 21.8. The van der Waals surface area contributed by atoms with Crippen LogP contribution in [-0.2, 0) is 0 Å². The van der Waals surface area contributed by atoms with E-state index in [1.54, 1.807) is 16.7 Å². The second kappa shape index (κ2) is 9.49. The van der Waals surface area contributed by atoms with E-state index >= 15 is 0 Å². The number of rotatable bonds is 5. The maximum atomic E-state index is 12.9. The summed E-state index contributed by atoms with van der Waals surface area (Å²) >= 11 is 2.86. The summed E-state index contributed by atoms with van der Waals surface area (Å²) in [5.74, 6) is -0.296. The van der Waals surface area contributed by atoms with Gasteiger partial charge >= 0.3 is 6.03 Å². The zero-order valence-electron chi connectivity index (χ0n) is 17.3. The number of likely N-dealkylation sites (tertiary alicyclic amines) is 1. The van der Waals surface area contributed by atoms with Gasteiger partial charge in [0.1, 0.15) is 5.01 Å². The van der Waals surface area contributed by atoms with Crippen molar-refractivity contribution in [1.29, 1.82) is 0 Å². The van der Waals surface area contributed by atoms with Crippen molar-refractivity contribution in [3.63, 3.8) is 0 Å². The predicted molar refractivity (Wildman–Crippen MR) is 125 cm³/mol. The minimum atomic E-state index is -0.296. The molecule has 0 bridgehead atoms. The van der Waals surface area contributed by atoms with Gasteiger partial charge in [0.15, 0.2) is 0 Å². The molecule has 0 unspecified atom stereocenters. The summed E-state index contributed by atoms with van der Waals surface area (Å²) < 4.78 is 0. The zero-order valence-corrected chi connectivity index (χ0v) is 18.9. The van der Waals surface area contributed by atoms with Crippen LogP contribution < -0.4 is 10.6 Å². The van der Waals surface area contributed by atoms with Crippen molar-refractivity contribution >= 4 is 46.4 Å². The molecule has 4 rings (SSSR count). The number of aromatic nitrogens is 2. The molecule has 7 nitrogen and oxygen atoms in total. The number of aryl methyl sites for hydroxylation is 1. The number of urea groups is 1. The van der Waals surface area contributed by atoms with Crippen molar-refractivity contribution in [3.8, 4) is 0 Å². The normalized spacial score (nSPS) is 15.7.